The van der Waals surface area contributed by atoms with Crippen LogP contribution in [0.25, 0.3) is 10.9 Å². The normalized spacial score (nSPS) is 16.9. The SMILES string of the molecule is O=C(CCCn1c(SCC(=O)NC2CCCC2)nc2ccccc2c1=O)NCCCN1CCOCC1. The molecule has 196 valence electrons. The van der Waals surface area contributed by atoms with Crippen LogP contribution in [0, 0.1) is 0 Å². The molecule has 2 heterocycles. The zero-order valence-electron chi connectivity index (χ0n) is 20.9. The maximum absolute atomic E-state index is 13.2. The molecule has 0 radical (unpaired) electrons. The lowest BCUT2D eigenvalue weighted by atomic mass is 10.2. The number of benzene rings is 1. The van der Waals surface area contributed by atoms with E-state index < -0.39 is 0 Å². The monoisotopic (exact) mass is 515 g/mol. The second-order valence-corrected chi connectivity index (χ2v) is 10.4. The Morgan fingerprint density at radius 3 is 2.64 bits per heavy atom. The quantitative estimate of drug-likeness (QED) is 0.254. The predicted molar refractivity (Wildman–Crippen MR) is 141 cm³/mol. The average molecular weight is 516 g/mol. The summed E-state index contributed by atoms with van der Waals surface area (Å²) in [4.78, 5) is 45.0. The molecule has 1 saturated carbocycles. The van der Waals surface area contributed by atoms with Crippen LogP contribution in [-0.4, -0.2) is 77.5 Å². The molecule has 9 nitrogen and oxygen atoms in total. The number of aromatic nitrogens is 2. The summed E-state index contributed by atoms with van der Waals surface area (Å²) in [6.07, 6.45) is 6.15. The highest BCUT2D eigenvalue weighted by Gasteiger charge is 2.18. The van der Waals surface area contributed by atoms with E-state index in [-0.39, 0.29) is 29.2 Å². The minimum atomic E-state index is -0.134. The Balaban J connectivity index is 1.29. The van der Waals surface area contributed by atoms with E-state index in [1.165, 1.54) is 11.8 Å². The second kappa shape index (κ2) is 13.8. The molecule has 1 aromatic heterocycles. The molecule has 1 aliphatic carbocycles. The number of nitrogens with one attached hydrogen (secondary N) is 2. The molecule has 2 aromatic rings. The van der Waals surface area contributed by atoms with Crippen molar-refractivity contribution in [2.45, 2.75) is 62.7 Å². The van der Waals surface area contributed by atoms with Crippen LogP contribution < -0.4 is 16.2 Å². The molecule has 0 bridgehead atoms. The van der Waals surface area contributed by atoms with Gasteiger partial charge < -0.3 is 15.4 Å². The number of hydrogen-bond donors (Lipinski definition) is 2. The van der Waals surface area contributed by atoms with Crippen molar-refractivity contribution in [2.24, 2.45) is 0 Å². The van der Waals surface area contributed by atoms with Gasteiger partial charge in [0.2, 0.25) is 11.8 Å². The molecule has 0 atom stereocenters. The first-order valence-electron chi connectivity index (χ1n) is 13.1. The van der Waals surface area contributed by atoms with Gasteiger partial charge in [0, 0.05) is 38.6 Å². The van der Waals surface area contributed by atoms with Gasteiger partial charge in [0.1, 0.15) is 0 Å². The lowest BCUT2D eigenvalue weighted by molar-refractivity contribution is -0.121. The van der Waals surface area contributed by atoms with Gasteiger partial charge in [0.05, 0.1) is 29.9 Å². The van der Waals surface area contributed by atoms with E-state index in [4.69, 9.17) is 4.74 Å². The maximum atomic E-state index is 13.2. The number of ether oxygens (including phenoxy) is 1. The van der Waals surface area contributed by atoms with E-state index in [2.05, 4.69) is 20.5 Å². The van der Waals surface area contributed by atoms with Crippen molar-refractivity contribution >= 4 is 34.5 Å². The standard InChI is InChI=1S/C26H37N5O4S/c32-23(27-12-6-13-30-15-17-35-18-16-30)11-5-14-31-25(34)21-9-3-4-10-22(21)29-26(31)36-19-24(33)28-20-7-1-2-8-20/h3-4,9-10,20H,1-2,5-8,11-19H2,(H,27,32)(H,28,33). The predicted octanol–water partition coefficient (Wildman–Crippen LogP) is 2.17. The fourth-order valence-electron chi connectivity index (χ4n) is 4.77. The zero-order chi connectivity index (χ0) is 25.2. The summed E-state index contributed by atoms with van der Waals surface area (Å²) in [5.41, 5.74) is 0.487. The van der Waals surface area contributed by atoms with Crippen LogP contribution in [0.4, 0.5) is 0 Å². The number of fused-ring (bicyclic) bond motifs is 1. The Morgan fingerprint density at radius 1 is 1.06 bits per heavy atom. The van der Waals surface area contributed by atoms with Gasteiger partial charge in [-0.25, -0.2) is 4.98 Å². The third-order valence-electron chi connectivity index (χ3n) is 6.74. The summed E-state index contributed by atoms with van der Waals surface area (Å²) in [6, 6.07) is 7.51. The number of rotatable bonds is 12. The third-order valence-corrected chi connectivity index (χ3v) is 7.72. The highest BCUT2D eigenvalue weighted by molar-refractivity contribution is 7.99. The highest BCUT2D eigenvalue weighted by Crippen LogP contribution is 2.20. The number of hydrogen-bond acceptors (Lipinski definition) is 7. The molecule has 0 spiro atoms. The summed E-state index contributed by atoms with van der Waals surface area (Å²) in [5, 5.41) is 7.14. The van der Waals surface area contributed by atoms with Crippen LogP contribution in [0.3, 0.4) is 0 Å². The molecule has 2 amide bonds. The lowest BCUT2D eigenvalue weighted by Crippen LogP contribution is -2.38. The molecular formula is C26H37N5O4S. The van der Waals surface area contributed by atoms with Gasteiger partial charge >= 0.3 is 0 Å². The van der Waals surface area contributed by atoms with Gasteiger partial charge in [-0.15, -0.1) is 0 Å². The van der Waals surface area contributed by atoms with Crippen LogP contribution in [-0.2, 0) is 20.9 Å². The van der Waals surface area contributed by atoms with Gasteiger partial charge in [-0.2, -0.15) is 0 Å². The second-order valence-electron chi connectivity index (χ2n) is 9.47. The van der Waals surface area contributed by atoms with Crippen molar-refractivity contribution in [1.82, 2.24) is 25.1 Å². The van der Waals surface area contributed by atoms with E-state index in [1.807, 2.05) is 18.2 Å². The van der Waals surface area contributed by atoms with Gasteiger partial charge in [-0.3, -0.25) is 23.9 Å². The Hall–Kier alpha value is -2.43. The van der Waals surface area contributed by atoms with Gasteiger partial charge in [-0.1, -0.05) is 36.7 Å². The molecule has 2 N–H and O–H groups in total. The van der Waals surface area contributed by atoms with Crippen molar-refractivity contribution in [3.63, 3.8) is 0 Å². The summed E-state index contributed by atoms with van der Waals surface area (Å²) in [7, 11) is 0. The van der Waals surface area contributed by atoms with E-state index >= 15 is 0 Å². The van der Waals surface area contributed by atoms with Gasteiger partial charge in [-0.05, 0) is 44.4 Å². The minimum Gasteiger partial charge on any atom is -0.379 e. The average Bonchev–Trinajstić information content (AvgIpc) is 3.40. The van der Waals surface area contributed by atoms with Crippen molar-refractivity contribution in [3.8, 4) is 0 Å². The number of nitrogens with zero attached hydrogens (tertiary/aromatic N) is 3. The van der Waals surface area contributed by atoms with Crippen LogP contribution in [0.15, 0.2) is 34.2 Å². The van der Waals surface area contributed by atoms with Crippen LogP contribution >= 0.6 is 11.8 Å². The first kappa shape index (κ1) is 26.6. The smallest absolute Gasteiger partial charge is 0.262 e. The topological polar surface area (TPSA) is 106 Å². The Kier molecular flexibility index (Phi) is 10.2. The molecule has 10 heteroatoms. The molecule has 2 fully saturated rings. The minimum absolute atomic E-state index is 0.0103. The van der Waals surface area contributed by atoms with E-state index in [0.717, 1.165) is 65.0 Å². The molecule has 1 aromatic carbocycles. The summed E-state index contributed by atoms with van der Waals surface area (Å²) in [5.74, 6) is 0.173. The lowest BCUT2D eigenvalue weighted by Gasteiger charge is -2.26. The van der Waals surface area contributed by atoms with Crippen molar-refractivity contribution in [3.05, 3.63) is 34.6 Å². The van der Waals surface area contributed by atoms with Crippen molar-refractivity contribution in [2.75, 3.05) is 45.1 Å². The van der Waals surface area contributed by atoms with Crippen LogP contribution in [0.2, 0.25) is 0 Å². The molecule has 4 rings (SSSR count). The number of thioether (sulfide) groups is 1. The molecule has 0 unspecified atom stereocenters. The molecule has 2 aliphatic rings. The Labute approximate surface area is 216 Å². The number of morpholine rings is 1. The van der Waals surface area contributed by atoms with Gasteiger partial charge in [0.15, 0.2) is 5.16 Å². The van der Waals surface area contributed by atoms with Crippen molar-refractivity contribution in [1.29, 1.82) is 0 Å². The molecule has 1 saturated heterocycles. The van der Waals surface area contributed by atoms with Crippen molar-refractivity contribution < 1.29 is 14.3 Å². The van der Waals surface area contributed by atoms with E-state index in [0.29, 0.717) is 42.0 Å². The summed E-state index contributed by atoms with van der Waals surface area (Å²) in [6.45, 7) is 5.43. The van der Waals surface area contributed by atoms with E-state index in [1.54, 1.807) is 10.6 Å². The fourth-order valence-corrected chi connectivity index (χ4v) is 5.60. The number of amides is 2. The van der Waals surface area contributed by atoms with E-state index in [9.17, 15) is 14.4 Å². The maximum Gasteiger partial charge on any atom is 0.262 e. The number of carbonyl (C=O) groups is 2. The number of carbonyl (C=O) groups excluding carboxylic acids is 2. The Morgan fingerprint density at radius 2 is 1.83 bits per heavy atom. The first-order chi connectivity index (χ1) is 17.6. The first-order valence-corrected chi connectivity index (χ1v) is 14.1. The molecule has 1 aliphatic heterocycles. The molecule has 36 heavy (non-hydrogen) atoms. The Bertz CT molecular complexity index is 1080. The van der Waals surface area contributed by atoms with Crippen LogP contribution in [0.5, 0.6) is 0 Å². The summed E-state index contributed by atoms with van der Waals surface area (Å²) < 4.78 is 6.97. The zero-order valence-corrected chi connectivity index (χ0v) is 21.7. The highest BCUT2D eigenvalue weighted by atomic mass is 32.2. The number of para-hydroxylation sites is 1. The summed E-state index contributed by atoms with van der Waals surface area (Å²) >= 11 is 1.28. The van der Waals surface area contributed by atoms with Crippen LogP contribution in [0.1, 0.15) is 44.9 Å². The fraction of sp³-hybridized carbons (Fsp3) is 0.615. The van der Waals surface area contributed by atoms with Gasteiger partial charge in [0.25, 0.3) is 5.56 Å². The third kappa shape index (κ3) is 7.78. The largest absolute Gasteiger partial charge is 0.379 e. The molecular weight excluding hydrogens is 478 g/mol.